The maximum absolute atomic E-state index is 10.7. The average molecular weight is 253 g/mol. The first-order valence-electron chi connectivity index (χ1n) is 6.56. The Labute approximate surface area is 114 Å². The van der Waals surface area contributed by atoms with E-state index in [9.17, 15) is 4.79 Å². The smallest absolute Gasteiger partial charge is 0.150 e. The molecule has 0 saturated carbocycles. The van der Waals surface area contributed by atoms with Crippen LogP contribution in [0.2, 0.25) is 0 Å². The lowest BCUT2D eigenvalue weighted by atomic mass is 10.1. The van der Waals surface area contributed by atoms with Gasteiger partial charge in [0.15, 0.2) is 0 Å². The van der Waals surface area contributed by atoms with Crippen LogP contribution in [0.1, 0.15) is 29.8 Å². The minimum atomic E-state index is 0.405. The molecule has 2 aromatic carbocycles. The summed E-state index contributed by atoms with van der Waals surface area (Å²) < 4.78 is 0. The van der Waals surface area contributed by atoms with E-state index in [0.717, 1.165) is 18.5 Å². The van der Waals surface area contributed by atoms with Gasteiger partial charge in [0.2, 0.25) is 0 Å². The van der Waals surface area contributed by atoms with Gasteiger partial charge in [-0.2, -0.15) is 0 Å². The Morgan fingerprint density at radius 2 is 1.63 bits per heavy atom. The summed E-state index contributed by atoms with van der Waals surface area (Å²) in [4.78, 5) is 13.0. The van der Waals surface area contributed by atoms with E-state index in [1.165, 1.54) is 5.56 Å². The number of nitrogens with zero attached hydrogens (tertiary/aromatic N) is 1. The largest absolute Gasteiger partial charge is 0.365 e. The van der Waals surface area contributed by atoms with Crippen molar-refractivity contribution in [1.82, 2.24) is 0 Å². The Morgan fingerprint density at radius 3 is 2.16 bits per heavy atom. The van der Waals surface area contributed by atoms with E-state index in [2.05, 4.69) is 43.0 Å². The predicted molar refractivity (Wildman–Crippen MR) is 79.6 cm³/mol. The van der Waals surface area contributed by atoms with Gasteiger partial charge in [-0.1, -0.05) is 30.3 Å². The van der Waals surface area contributed by atoms with Gasteiger partial charge in [0, 0.05) is 23.8 Å². The van der Waals surface area contributed by atoms with Crippen LogP contribution in [0.5, 0.6) is 0 Å². The molecule has 0 aliphatic heterocycles. The first-order valence-corrected chi connectivity index (χ1v) is 6.56. The van der Waals surface area contributed by atoms with Crippen molar-refractivity contribution >= 4 is 12.0 Å². The minimum Gasteiger partial charge on any atom is -0.365 e. The Bertz CT molecular complexity index is 517. The number of anilines is 1. The highest BCUT2D eigenvalue weighted by atomic mass is 16.1. The van der Waals surface area contributed by atoms with Crippen LogP contribution in [-0.2, 0) is 6.54 Å². The molecule has 0 bridgehead atoms. The van der Waals surface area contributed by atoms with Crippen molar-refractivity contribution in [3.63, 3.8) is 0 Å². The fraction of sp³-hybridized carbons (Fsp3) is 0.235. The van der Waals surface area contributed by atoms with Crippen molar-refractivity contribution in [2.45, 2.75) is 26.4 Å². The van der Waals surface area contributed by atoms with E-state index >= 15 is 0 Å². The SMILES string of the molecule is CC(C)N(Cc1ccccc1)c1ccc(C=O)cc1. The number of benzene rings is 2. The first kappa shape index (κ1) is 13.3. The zero-order chi connectivity index (χ0) is 13.7. The van der Waals surface area contributed by atoms with E-state index < -0.39 is 0 Å². The molecule has 0 amide bonds. The lowest BCUT2D eigenvalue weighted by Gasteiger charge is -2.29. The standard InChI is InChI=1S/C17H19NO/c1-14(2)18(12-15-6-4-3-5-7-15)17-10-8-16(13-19)9-11-17/h3-11,13-14H,12H2,1-2H3. The molecule has 0 aliphatic rings. The summed E-state index contributed by atoms with van der Waals surface area (Å²) in [6.07, 6.45) is 0.876. The van der Waals surface area contributed by atoms with Crippen LogP contribution < -0.4 is 4.90 Å². The molecule has 2 aromatic rings. The molecular weight excluding hydrogens is 234 g/mol. The van der Waals surface area contributed by atoms with Gasteiger partial charge in [-0.25, -0.2) is 0 Å². The summed E-state index contributed by atoms with van der Waals surface area (Å²) in [6.45, 7) is 5.23. The van der Waals surface area contributed by atoms with Crippen LogP contribution in [-0.4, -0.2) is 12.3 Å². The van der Waals surface area contributed by atoms with Gasteiger partial charge in [-0.3, -0.25) is 4.79 Å². The molecule has 98 valence electrons. The molecule has 19 heavy (non-hydrogen) atoms. The van der Waals surface area contributed by atoms with Crippen LogP contribution in [0.3, 0.4) is 0 Å². The van der Waals surface area contributed by atoms with Gasteiger partial charge in [-0.15, -0.1) is 0 Å². The first-order chi connectivity index (χ1) is 9.20. The summed E-state index contributed by atoms with van der Waals surface area (Å²) >= 11 is 0. The van der Waals surface area contributed by atoms with Crippen molar-refractivity contribution < 1.29 is 4.79 Å². The molecule has 0 radical (unpaired) electrons. The van der Waals surface area contributed by atoms with Crippen LogP contribution in [0, 0.1) is 0 Å². The second kappa shape index (κ2) is 6.19. The average Bonchev–Trinajstić information content (AvgIpc) is 2.46. The highest BCUT2D eigenvalue weighted by molar-refractivity contribution is 5.75. The molecule has 0 spiro atoms. The number of hydrogen-bond donors (Lipinski definition) is 0. The molecule has 0 atom stereocenters. The normalized spacial score (nSPS) is 10.5. The van der Waals surface area contributed by atoms with Crippen LogP contribution >= 0.6 is 0 Å². The van der Waals surface area contributed by atoms with Crippen molar-refractivity contribution in [2.75, 3.05) is 4.90 Å². The molecule has 0 N–H and O–H groups in total. The monoisotopic (exact) mass is 253 g/mol. The van der Waals surface area contributed by atoms with Gasteiger partial charge in [0.1, 0.15) is 6.29 Å². The molecule has 2 nitrogen and oxygen atoms in total. The number of hydrogen-bond acceptors (Lipinski definition) is 2. The Kier molecular flexibility index (Phi) is 4.35. The summed E-state index contributed by atoms with van der Waals surface area (Å²) in [5.41, 5.74) is 3.15. The van der Waals surface area contributed by atoms with Gasteiger partial charge < -0.3 is 4.90 Å². The van der Waals surface area contributed by atoms with E-state index in [-0.39, 0.29) is 0 Å². The Hall–Kier alpha value is -2.09. The zero-order valence-corrected chi connectivity index (χ0v) is 11.4. The van der Waals surface area contributed by atoms with Crippen LogP contribution in [0.25, 0.3) is 0 Å². The molecule has 2 rings (SSSR count). The third-order valence-corrected chi connectivity index (χ3v) is 3.18. The molecule has 0 aromatic heterocycles. The van der Waals surface area contributed by atoms with Crippen LogP contribution in [0.15, 0.2) is 54.6 Å². The molecular formula is C17H19NO. The Balaban J connectivity index is 2.22. The van der Waals surface area contributed by atoms with Crippen molar-refractivity contribution in [3.8, 4) is 0 Å². The summed E-state index contributed by atoms with van der Waals surface area (Å²) in [5.74, 6) is 0. The van der Waals surface area contributed by atoms with Gasteiger partial charge in [0.25, 0.3) is 0 Å². The van der Waals surface area contributed by atoms with E-state index in [0.29, 0.717) is 11.6 Å². The fourth-order valence-electron chi connectivity index (χ4n) is 2.10. The second-order valence-electron chi connectivity index (χ2n) is 4.92. The highest BCUT2D eigenvalue weighted by Gasteiger charge is 2.10. The molecule has 0 heterocycles. The predicted octanol–water partition coefficient (Wildman–Crippen LogP) is 3.91. The van der Waals surface area contributed by atoms with Gasteiger partial charge in [0.05, 0.1) is 0 Å². The maximum Gasteiger partial charge on any atom is 0.150 e. The van der Waals surface area contributed by atoms with Crippen molar-refractivity contribution in [2.24, 2.45) is 0 Å². The number of carbonyl (C=O) groups excluding carboxylic acids is 1. The van der Waals surface area contributed by atoms with Crippen molar-refractivity contribution in [1.29, 1.82) is 0 Å². The molecule has 0 fully saturated rings. The lowest BCUT2D eigenvalue weighted by Crippen LogP contribution is -2.30. The summed E-state index contributed by atoms with van der Waals surface area (Å²) in [6, 6.07) is 18.6. The molecule has 0 saturated heterocycles. The van der Waals surface area contributed by atoms with E-state index in [1.54, 1.807) is 0 Å². The number of carbonyl (C=O) groups is 1. The third-order valence-electron chi connectivity index (χ3n) is 3.18. The van der Waals surface area contributed by atoms with E-state index in [4.69, 9.17) is 0 Å². The van der Waals surface area contributed by atoms with Crippen LogP contribution in [0.4, 0.5) is 5.69 Å². The topological polar surface area (TPSA) is 20.3 Å². The third kappa shape index (κ3) is 3.44. The van der Waals surface area contributed by atoms with Crippen molar-refractivity contribution in [3.05, 3.63) is 65.7 Å². The zero-order valence-electron chi connectivity index (χ0n) is 11.4. The summed E-state index contributed by atoms with van der Waals surface area (Å²) in [7, 11) is 0. The number of rotatable bonds is 5. The minimum absolute atomic E-state index is 0.405. The fourth-order valence-corrected chi connectivity index (χ4v) is 2.10. The second-order valence-corrected chi connectivity index (χ2v) is 4.92. The van der Waals surface area contributed by atoms with Gasteiger partial charge >= 0.3 is 0 Å². The lowest BCUT2D eigenvalue weighted by molar-refractivity contribution is 0.112. The molecule has 0 aliphatic carbocycles. The Morgan fingerprint density at radius 1 is 1.00 bits per heavy atom. The van der Waals surface area contributed by atoms with Gasteiger partial charge in [-0.05, 0) is 43.7 Å². The molecule has 0 unspecified atom stereocenters. The van der Waals surface area contributed by atoms with E-state index in [1.807, 2.05) is 30.3 Å². The summed E-state index contributed by atoms with van der Waals surface area (Å²) in [5, 5.41) is 0. The highest BCUT2D eigenvalue weighted by Crippen LogP contribution is 2.20. The maximum atomic E-state index is 10.7. The number of aldehydes is 1. The quantitative estimate of drug-likeness (QED) is 0.753. The molecule has 2 heteroatoms.